The van der Waals surface area contributed by atoms with Gasteiger partial charge in [0.05, 0.1) is 22.3 Å². The molecule has 0 radical (unpaired) electrons. The summed E-state index contributed by atoms with van der Waals surface area (Å²) < 4.78 is 11.3. The third-order valence-electron chi connectivity index (χ3n) is 3.80. The average Bonchev–Trinajstić information content (AvgIpc) is 2.67. The molecule has 2 rings (SSSR count). The monoisotopic (exact) mass is 434 g/mol. The highest BCUT2D eigenvalue weighted by Gasteiger charge is 2.13. The Hall–Kier alpha value is -2.38. The molecule has 0 atom stereocenters. The maximum Gasteiger partial charge on any atom is 0.262 e. The number of carbonyl (C=O) groups is 2. The minimum absolute atomic E-state index is 0.163. The molecule has 2 N–H and O–H groups in total. The van der Waals surface area contributed by atoms with Crippen LogP contribution in [0.3, 0.4) is 0 Å². The fourth-order valence-corrected chi connectivity index (χ4v) is 2.90. The highest BCUT2D eigenvalue weighted by molar-refractivity contribution is 9.10. The van der Waals surface area contributed by atoms with Crippen molar-refractivity contribution in [2.24, 2.45) is 0 Å². The molecule has 2 aromatic rings. The van der Waals surface area contributed by atoms with Crippen molar-refractivity contribution < 1.29 is 19.1 Å². The number of ether oxygens (including phenoxy) is 2. The van der Waals surface area contributed by atoms with E-state index < -0.39 is 0 Å². The number of amides is 2. The normalized spacial score (nSPS) is 10.3. The molecular formula is C20H23BrN2O4. The second kappa shape index (κ2) is 10.7. The van der Waals surface area contributed by atoms with Crippen LogP contribution >= 0.6 is 15.9 Å². The third-order valence-corrected chi connectivity index (χ3v) is 4.42. The van der Waals surface area contributed by atoms with Crippen molar-refractivity contribution in [3.8, 4) is 5.75 Å². The highest BCUT2D eigenvalue weighted by atomic mass is 79.9. The van der Waals surface area contributed by atoms with E-state index in [0.29, 0.717) is 30.2 Å². The number of anilines is 1. The van der Waals surface area contributed by atoms with Crippen molar-refractivity contribution in [2.45, 2.75) is 13.3 Å². The van der Waals surface area contributed by atoms with E-state index in [1.807, 2.05) is 18.2 Å². The Labute approximate surface area is 167 Å². The van der Waals surface area contributed by atoms with Crippen LogP contribution in [0.2, 0.25) is 0 Å². The Bertz CT molecular complexity index is 795. The molecule has 7 heteroatoms. The summed E-state index contributed by atoms with van der Waals surface area (Å²) in [5.41, 5.74) is 1.99. The summed E-state index contributed by atoms with van der Waals surface area (Å²) in [5, 5.41) is 5.46. The van der Waals surface area contributed by atoms with E-state index in [1.165, 1.54) is 5.56 Å². The third kappa shape index (κ3) is 6.37. The predicted octanol–water partition coefficient (Wildman–Crippen LogP) is 3.41. The number of hydrogen-bond donors (Lipinski definition) is 2. The maximum atomic E-state index is 12.3. The van der Waals surface area contributed by atoms with Crippen LogP contribution < -0.4 is 15.4 Å². The number of benzene rings is 2. The van der Waals surface area contributed by atoms with E-state index in [1.54, 1.807) is 31.4 Å². The van der Waals surface area contributed by atoms with Crippen molar-refractivity contribution in [1.82, 2.24) is 5.32 Å². The highest BCUT2D eigenvalue weighted by Crippen LogP contribution is 2.26. The molecule has 27 heavy (non-hydrogen) atoms. The summed E-state index contributed by atoms with van der Waals surface area (Å²) in [4.78, 5) is 24.5. The van der Waals surface area contributed by atoms with Gasteiger partial charge in [-0.15, -0.1) is 0 Å². The Kier molecular flexibility index (Phi) is 8.29. The van der Waals surface area contributed by atoms with Crippen molar-refractivity contribution >= 4 is 33.4 Å². The lowest BCUT2D eigenvalue weighted by atomic mass is 10.1. The first-order valence-corrected chi connectivity index (χ1v) is 9.41. The van der Waals surface area contributed by atoms with Gasteiger partial charge >= 0.3 is 0 Å². The summed E-state index contributed by atoms with van der Waals surface area (Å²) >= 11 is 3.45. The van der Waals surface area contributed by atoms with Gasteiger partial charge in [0.1, 0.15) is 5.75 Å². The fourth-order valence-electron chi connectivity index (χ4n) is 2.36. The van der Waals surface area contributed by atoms with Crippen molar-refractivity contribution in [2.75, 3.05) is 32.2 Å². The molecule has 0 saturated heterocycles. The molecular weight excluding hydrogens is 412 g/mol. The lowest BCUT2D eigenvalue weighted by Crippen LogP contribution is -2.29. The zero-order valence-corrected chi connectivity index (χ0v) is 17.0. The van der Waals surface area contributed by atoms with Gasteiger partial charge in [0.25, 0.3) is 11.8 Å². The van der Waals surface area contributed by atoms with Gasteiger partial charge in [-0.05, 0) is 52.2 Å². The molecule has 0 fully saturated rings. The van der Waals surface area contributed by atoms with E-state index in [4.69, 9.17) is 9.47 Å². The standard InChI is InChI=1S/C20H23BrN2O4/c1-3-14-8-9-18(16(21)12-14)27-13-19(24)23-17-7-5-4-6-15(17)20(25)22-10-11-26-2/h4-9,12H,3,10-11,13H2,1-2H3,(H,22,25)(H,23,24). The van der Waals surface area contributed by atoms with Gasteiger partial charge in [0, 0.05) is 13.7 Å². The van der Waals surface area contributed by atoms with Crippen molar-refractivity contribution in [3.63, 3.8) is 0 Å². The lowest BCUT2D eigenvalue weighted by Gasteiger charge is -2.12. The molecule has 0 bridgehead atoms. The summed E-state index contributed by atoms with van der Waals surface area (Å²) in [6.07, 6.45) is 0.919. The molecule has 0 aliphatic carbocycles. The minimum Gasteiger partial charge on any atom is -0.483 e. The van der Waals surface area contributed by atoms with Gasteiger partial charge in [-0.3, -0.25) is 9.59 Å². The second-order valence-corrected chi connectivity index (χ2v) is 6.60. The molecule has 144 valence electrons. The first-order chi connectivity index (χ1) is 13.0. The second-order valence-electron chi connectivity index (χ2n) is 5.75. The van der Waals surface area contributed by atoms with Crippen LogP contribution in [0.4, 0.5) is 5.69 Å². The van der Waals surface area contributed by atoms with Gasteiger partial charge < -0.3 is 20.1 Å². The van der Waals surface area contributed by atoms with Crippen molar-refractivity contribution in [1.29, 1.82) is 0 Å². The molecule has 0 aliphatic rings. The number of nitrogens with one attached hydrogen (secondary N) is 2. The van der Waals surface area contributed by atoms with Gasteiger partial charge in [0.15, 0.2) is 6.61 Å². The number of rotatable bonds is 9. The van der Waals surface area contributed by atoms with Crippen LogP contribution in [-0.2, 0) is 16.0 Å². The van der Waals surface area contributed by atoms with Gasteiger partial charge in [-0.2, -0.15) is 0 Å². The molecule has 0 spiro atoms. The molecule has 6 nitrogen and oxygen atoms in total. The van der Waals surface area contributed by atoms with Crippen LogP contribution in [-0.4, -0.2) is 38.7 Å². The fraction of sp³-hybridized carbons (Fsp3) is 0.300. The topological polar surface area (TPSA) is 76.7 Å². The van der Waals surface area contributed by atoms with Crippen LogP contribution in [0.1, 0.15) is 22.8 Å². The minimum atomic E-state index is -0.349. The Morgan fingerprint density at radius 2 is 1.93 bits per heavy atom. The zero-order valence-electron chi connectivity index (χ0n) is 15.4. The van der Waals surface area contributed by atoms with Gasteiger partial charge in [-0.25, -0.2) is 0 Å². The number of carbonyl (C=O) groups excluding carboxylic acids is 2. The van der Waals surface area contributed by atoms with Crippen LogP contribution in [0, 0.1) is 0 Å². The van der Waals surface area contributed by atoms with Crippen molar-refractivity contribution in [3.05, 3.63) is 58.1 Å². The van der Waals surface area contributed by atoms with Crippen LogP contribution in [0.5, 0.6) is 5.75 Å². The summed E-state index contributed by atoms with van der Waals surface area (Å²) in [5.74, 6) is -0.0340. The maximum absolute atomic E-state index is 12.3. The summed E-state index contributed by atoms with van der Waals surface area (Å²) in [7, 11) is 1.56. The largest absolute Gasteiger partial charge is 0.483 e. The average molecular weight is 435 g/mol. The SMILES string of the molecule is CCc1ccc(OCC(=O)Nc2ccccc2C(=O)NCCOC)c(Br)c1. The molecule has 2 amide bonds. The Balaban J connectivity index is 1.96. The molecule has 0 aromatic heterocycles. The first kappa shape index (κ1) is 20.9. The number of hydrogen-bond acceptors (Lipinski definition) is 4. The van der Waals surface area contributed by atoms with E-state index in [2.05, 4.69) is 33.5 Å². The van der Waals surface area contributed by atoms with Gasteiger partial charge in [-0.1, -0.05) is 25.1 Å². The molecule has 0 unspecified atom stereocenters. The first-order valence-electron chi connectivity index (χ1n) is 8.62. The smallest absolute Gasteiger partial charge is 0.262 e. The van der Waals surface area contributed by atoms with Crippen LogP contribution in [0.25, 0.3) is 0 Å². The number of aryl methyl sites for hydroxylation is 1. The Morgan fingerprint density at radius 1 is 1.15 bits per heavy atom. The predicted molar refractivity (Wildman–Crippen MR) is 108 cm³/mol. The molecule has 2 aromatic carbocycles. The van der Waals surface area contributed by atoms with E-state index >= 15 is 0 Å². The quantitative estimate of drug-likeness (QED) is 0.592. The number of methoxy groups -OCH3 is 1. The molecule has 0 saturated carbocycles. The van der Waals surface area contributed by atoms with E-state index in [0.717, 1.165) is 10.9 Å². The van der Waals surface area contributed by atoms with Gasteiger partial charge in [0.2, 0.25) is 0 Å². The molecule has 0 heterocycles. The lowest BCUT2D eigenvalue weighted by molar-refractivity contribution is -0.118. The zero-order chi connectivity index (χ0) is 19.6. The van der Waals surface area contributed by atoms with E-state index in [-0.39, 0.29) is 18.4 Å². The summed E-state index contributed by atoms with van der Waals surface area (Å²) in [6, 6.07) is 12.6. The number of para-hydroxylation sites is 1. The number of halogens is 1. The summed E-state index contributed by atoms with van der Waals surface area (Å²) in [6.45, 7) is 2.71. The Morgan fingerprint density at radius 3 is 2.63 bits per heavy atom. The van der Waals surface area contributed by atoms with Crippen LogP contribution in [0.15, 0.2) is 46.9 Å². The molecule has 0 aliphatic heterocycles. The van der Waals surface area contributed by atoms with E-state index in [9.17, 15) is 9.59 Å².